The third-order valence-corrected chi connectivity index (χ3v) is 3.61. The molecule has 0 aromatic rings. The zero-order valence-electron chi connectivity index (χ0n) is 11.8. The molecule has 0 saturated carbocycles. The first-order valence-corrected chi connectivity index (χ1v) is 7.48. The summed E-state index contributed by atoms with van der Waals surface area (Å²) in [4.78, 5) is 0. The molecule has 0 saturated heterocycles. The van der Waals surface area contributed by atoms with Gasteiger partial charge in [0, 0.05) is 0 Å². The summed E-state index contributed by atoms with van der Waals surface area (Å²) in [6.07, 6.45) is 12.3. The molecule has 0 radical (unpaired) electrons. The Bertz CT molecular complexity index is 133. The summed E-state index contributed by atoms with van der Waals surface area (Å²) >= 11 is 0. The van der Waals surface area contributed by atoms with E-state index in [9.17, 15) is 0 Å². The summed E-state index contributed by atoms with van der Waals surface area (Å²) in [5, 5.41) is 0. The Morgan fingerprint density at radius 2 is 1.38 bits per heavy atom. The average molecular weight is 227 g/mol. The maximum atomic E-state index is 5.86. The van der Waals surface area contributed by atoms with E-state index in [4.69, 9.17) is 5.73 Å². The van der Waals surface area contributed by atoms with Crippen molar-refractivity contribution in [3.05, 3.63) is 0 Å². The maximum Gasteiger partial charge on any atom is -0.00488 e. The van der Waals surface area contributed by atoms with Crippen LogP contribution in [0, 0.1) is 11.8 Å². The molecule has 1 nitrogen and oxygen atoms in total. The second-order valence-corrected chi connectivity index (χ2v) is 5.28. The van der Waals surface area contributed by atoms with E-state index in [1.807, 2.05) is 0 Å². The van der Waals surface area contributed by atoms with Gasteiger partial charge in [-0.15, -0.1) is 0 Å². The lowest BCUT2D eigenvalue weighted by atomic mass is 9.85. The number of hydrogen-bond donors (Lipinski definition) is 1. The SMILES string of the molecule is CCCCCC(CCC)CC(CN)CCC. The fourth-order valence-corrected chi connectivity index (χ4v) is 2.68. The summed E-state index contributed by atoms with van der Waals surface area (Å²) in [5.74, 6) is 1.72. The van der Waals surface area contributed by atoms with E-state index in [1.54, 1.807) is 0 Å². The van der Waals surface area contributed by atoms with E-state index in [1.165, 1.54) is 57.8 Å². The fourth-order valence-electron chi connectivity index (χ4n) is 2.68. The van der Waals surface area contributed by atoms with Gasteiger partial charge in [0.05, 0.1) is 0 Å². The molecule has 0 aromatic carbocycles. The van der Waals surface area contributed by atoms with Gasteiger partial charge in [0.1, 0.15) is 0 Å². The minimum atomic E-state index is 0.781. The van der Waals surface area contributed by atoms with Crippen molar-refractivity contribution < 1.29 is 0 Å². The smallest absolute Gasteiger partial charge is 0.00488 e. The van der Waals surface area contributed by atoms with Crippen LogP contribution in [0.2, 0.25) is 0 Å². The number of unbranched alkanes of at least 4 members (excludes halogenated alkanes) is 2. The van der Waals surface area contributed by atoms with Crippen molar-refractivity contribution in [3.8, 4) is 0 Å². The summed E-state index contributed by atoms with van der Waals surface area (Å²) in [6, 6.07) is 0. The molecule has 0 amide bonds. The second-order valence-electron chi connectivity index (χ2n) is 5.28. The number of rotatable bonds is 11. The molecule has 1 heteroatoms. The standard InChI is InChI=1S/C15H33N/c1-4-7-8-11-14(9-5-2)12-15(13-16)10-6-3/h14-15H,4-13,16H2,1-3H3. The van der Waals surface area contributed by atoms with Gasteiger partial charge >= 0.3 is 0 Å². The topological polar surface area (TPSA) is 26.0 Å². The van der Waals surface area contributed by atoms with Crippen LogP contribution in [0.15, 0.2) is 0 Å². The van der Waals surface area contributed by atoms with Crippen molar-refractivity contribution in [2.75, 3.05) is 6.54 Å². The van der Waals surface area contributed by atoms with E-state index in [0.717, 1.165) is 18.4 Å². The van der Waals surface area contributed by atoms with Gasteiger partial charge in [-0.1, -0.05) is 65.7 Å². The van der Waals surface area contributed by atoms with Gasteiger partial charge in [-0.25, -0.2) is 0 Å². The highest BCUT2D eigenvalue weighted by Gasteiger charge is 2.14. The number of nitrogens with two attached hydrogens (primary N) is 1. The first-order valence-electron chi connectivity index (χ1n) is 7.48. The van der Waals surface area contributed by atoms with Gasteiger partial charge in [0.2, 0.25) is 0 Å². The third-order valence-electron chi connectivity index (χ3n) is 3.61. The molecule has 2 unspecified atom stereocenters. The molecule has 0 fully saturated rings. The molecular formula is C15H33N. The Kier molecular flexibility index (Phi) is 11.4. The molecule has 0 aliphatic carbocycles. The molecule has 0 bridgehead atoms. The van der Waals surface area contributed by atoms with Crippen LogP contribution in [-0.2, 0) is 0 Å². The normalized spacial score (nSPS) is 15.0. The minimum absolute atomic E-state index is 0.781. The zero-order valence-corrected chi connectivity index (χ0v) is 11.8. The van der Waals surface area contributed by atoms with Gasteiger partial charge in [0.25, 0.3) is 0 Å². The first kappa shape index (κ1) is 16.0. The predicted molar refractivity (Wildman–Crippen MR) is 74.6 cm³/mol. The monoisotopic (exact) mass is 227 g/mol. The molecule has 0 spiro atoms. The van der Waals surface area contributed by atoms with Gasteiger partial charge in [-0.05, 0) is 31.2 Å². The maximum absolute atomic E-state index is 5.86. The Hall–Kier alpha value is -0.0400. The van der Waals surface area contributed by atoms with Crippen molar-refractivity contribution in [2.24, 2.45) is 17.6 Å². The van der Waals surface area contributed by atoms with Gasteiger partial charge in [-0.2, -0.15) is 0 Å². The van der Waals surface area contributed by atoms with Crippen molar-refractivity contribution in [3.63, 3.8) is 0 Å². The van der Waals surface area contributed by atoms with E-state index in [2.05, 4.69) is 20.8 Å². The lowest BCUT2D eigenvalue weighted by Gasteiger charge is -2.22. The summed E-state index contributed by atoms with van der Waals surface area (Å²) < 4.78 is 0. The van der Waals surface area contributed by atoms with Crippen molar-refractivity contribution in [2.45, 2.75) is 78.6 Å². The Morgan fingerprint density at radius 3 is 1.88 bits per heavy atom. The highest BCUT2D eigenvalue weighted by molar-refractivity contribution is 4.67. The van der Waals surface area contributed by atoms with Crippen LogP contribution in [0.1, 0.15) is 78.6 Å². The van der Waals surface area contributed by atoms with E-state index >= 15 is 0 Å². The highest BCUT2D eigenvalue weighted by atomic mass is 14.5. The Morgan fingerprint density at radius 1 is 0.750 bits per heavy atom. The van der Waals surface area contributed by atoms with Crippen LogP contribution in [0.25, 0.3) is 0 Å². The van der Waals surface area contributed by atoms with Gasteiger partial charge in [-0.3, -0.25) is 0 Å². The lowest BCUT2D eigenvalue weighted by molar-refractivity contribution is 0.315. The highest BCUT2D eigenvalue weighted by Crippen LogP contribution is 2.25. The number of hydrogen-bond acceptors (Lipinski definition) is 1. The molecule has 0 aromatic heterocycles. The summed E-state index contributed by atoms with van der Waals surface area (Å²) in [5.41, 5.74) is 5.86. The van der Waals surface area contributed by atoms with E-state index in [0.29, 0.717) is 0 Å². The predicted octanol–water partition coefficient (Wildman–Crippen LogP) is 4.75. The average Bonchev–Trinajstić information content (AvgIpc) is 2.29. The minimum Gasteiger partial charge on any atom is -0.330 e. The van der Waals surface area contributed by atoms with E-state index < -0.39 is 0 Å². The first-order chi connectivity index (χ1) is 7.78. The zero-order chi connectivity index (χ0) is 12.2. The van der Waals surface area contributed by atoms with Gasteiger partial charge in [0.15, 0.2) is 0 Å². The lowest BCUT2D eigenvalue weighted by Crippen LogP contribution is -2.18. The molecule has 2 N–H and O–H groups in total. The molecule has 2 atom stereocenters. The van der Waals surface area contributed by atoms with Gasteiger partial charge < -0.3 is 5.73 Å². The largest absolute Gasteiger partial charge is 0.330 e. The van der Waals surface area contributed by atoms with Crippen LogP contribution in [-0.4, -0.2) is 6.54 Å². The fraction of sp³-hybridized carbons (Fsp3) is 1.00. The molecule has 16 heavy (non-hydrogen) atoms. The molecule has 0 aliphatic rings. The Labute approximate surface area is 103 Å². The van der Waals surface area contributed by atoms with Crippen molar-refractivity contribution in [1.29, 1.82) is 0 Å². The second kappa shape index (κ2) is 11.4. The van der Waals surface area contributed by atoms with Crippen molar-refractivity contribution >= 4 is 0 Å². The van der Waals surface area contributed by atoms with Crippen LogP contribution in [0.4, 0.5) is 0 Å². The molecule has 0 aliphatic heterocycles. The van der Waals surface area contributed by atoms with Crippen LogP contribution >= 0.6 is 0 Å². The van der Waals surface area contributed by atoms with Crippen LogP contribution < -0.4 is 5.73 Å². The molecule has 0 heterocycles. The third kappa shape index (κ3) is 8.15. The summed E-state index contributed by atoms with van der Waals surface area (Å²) in [6.45, 7) is 7.76. The molecule has 98 valence electrons. The quantitative estimate of drug-likeness (QED) is 0.507. The van der Waals surface area contributed by atoms with E-state index in [-0.39, 0.29) is 0 Å². The Balaban J connectivity index is 3.87. The summed E-state index contributed by atoms with van der Waals surface area (Å²) in [7, 11) is 0. The van der Waals surface area contributed by atoms with Crippen molar-refractivity contribution in [1.82, 2.24) is 0 Å². The van der Waals surface area contributed by atoms with Crippen LogP contribution in [0.3, 0.4) is 0 Å². The van der Waals surface area contributed by atoms with Crippen LogP contribution in [0.5, 0.6) is 0 Å². The molecular weight excluding hydrogens is 194 g/mol. The molecule has 0 rings (SSSR count).